The van der Waals surface area contributed by atoms with E-state index < -0.39 is 99.5 Å². The molecule has 66 heavy (non-hydrogen) atoms. The van der Waals surface area contributed by atoms with Gasteiger partial charge in [-0.1, -0.05) is 39.8 Å². The highest BCUT2D eigenvalue weighted by molar-refractivity contribution is 7.90. The molecule has 2 aromatic rings. The second-order valence-electron chi connectivity index (χ2n) is 17.2. The summed E-state index contributed by atoms with van der Waals surface area (Å²) in [6, 6.07) is 5.49. The number of allylic oxidation sites excluding steroid dienone is 2. The zero-order chi connectivity index (χ0) is 49.0. The molecule has 3 atom stereocenters. The van der Waals surface area contributed by atoms with Crippen LogP contribution in [0.4, 0.5) is 13.2 Å². The summed E-state index contributed by atoms with van der Waals surface area (Å²) in [4.78, 5) is 94.4. The first-order chi connectivity index (χ1) is 30.9. The van der Waals surface area contributed by atoms with Gasteiger partial charge in [-0.15, -0.1) is 0 Å². The first-order valence-corrected chi connectivity index (χ1v) is 23.3. The van der Waals surface area contributed by atoms with Gasteiger partial charge in [-0.3, -0.25) is 24.0 Å². The SMILES string of the molecule is CCOC(=O)C1=C(C)NC(C)=C(C(=O)OCC)C1c1ccc(C(=O)NS(=O)(=O)c2ccc(C(=O)N[C@H](C(=O)N3C4CCC(CC4)[C@H]3C(=O)N[C@H](C(=O)C(F)(F)F)C(C)C)C(C)C)cc2)cc1. The van der Waals surface area contributed by atoms with Gasteiger partial charge in [0.2, 0.25) is 11.8 Å². The lowest BCUT2D eigenvalue weighted by atomic mass is 9.73. The molecule has 1 saturated carbocycles. The van der Waals surface area contributed by atoms with Crippen molar-refractivity contribution < 1.29 is 64.6 Å². The standard InChI is InChI=1S/C46H56F3N5O11S/c1-9-64-44(60)33-25(7)50-26(8)34(45(61)65-10-2)35(33)27-11-13-30(14-12-27)41(57)53-66(62,63)32-21-17-29(18-22-32)40(56)52-37(24(5)6)43(59)54-31-19-15-28(16-20-31)38(54)42(58)51-36(23(3)4)39(55)46(47,48)49/h11-14,17-18,21-24,28,31,35-38,50H,9-10,15-16,19-20H2,1-8H3,(H,51,58)(H,52,56)(H,53,57)/t28?,31?,36-,37-,38-/m0/s1. The number of alkyl halides is 3. The van der Waals surface area contributed by atoms with E-state index in [1.165, 1.54) is 55.1 Å². The summed E-state index contributed by atoms with van der Waals surface area (Å²) in [5.74, 6) is -9.48. The zero-order valence-corrected chi connectivity index (χ0v) is 38.8. The van der Waals surface area contributed by atoms with Crippen LogP contribution in [0.2, 0.25) is 0 Å². The Labute approximate surface area is 381 Å². The van der Waals surface area contributed by atoms with Crippen LogP contribution in [0.15, 0.2) is 76.0 Å². The molecule has 358 valence electrons. The molecule has 0 radical (unpaired) electrons. The van der Waals surface area contributed by atoms with Crippen molar-refractivity contribution in [2.24, 2.45) is 17.8 Å². The average Bonchev–Trinajstić information content (AvgIpc) is 3.26. The minimum atomic E-state index is -5.19. The van der Waals surface area contributed by atoms with Crippen molar-refractivity contribution in [2.75, 3.05) is 13.2 Å². The second-order valence-corrected chi connectivity index (χ2v) is 18.9. The van der Waals surface area contributed by atoms with Crippen molar-refractivity contribution in [2.45, 2.75) is 122 Å². The molecule has 0 unspecified atom stereocenters. The Balaban J connectivity index is 1.30. The van der Waals surface area contributed by atoms with Gasteiger partial charge in [-0.25, -0.2) is 22.7 Å². The first-order valence-electron chi connectivity index (χ1n) is 21.8. The maximum atomic E-state index is 14.3. The second kappa shape index (κ2) is 20.6. The van der Waals surface area contributed by atoms with E-state index in [1.54, 1.807) is 41.5 Å². The molecule has 0 aromatic heterocycles. The van der Waals surface area contributed by atoms with Crippen LogP contribution in [0.1, 0.15) is 113 Å². The predicted molar refractivity (Wildman–Crippen MR) is 232 cm³/mol. The number of nitrogens with one attached hydrogen (secondary N) is 4. The zero-order valence-electron chi connectivity index (χ0n) is 38.0. The molecule has 2 aromatic carbocycles. The van der Waals surface area contributed by atoms with Gasteiger partial charge in [0.15, 0.2) is 0 Å². The molecule has 0 spiro atoms. The summed E-state index contributed by atoms with van der Waals surface area (Å²) in [7, 11) is -4.52. The number of ether oxygens (including phenoxy) is 2. The third-order valence-corrected chi connectivity index (χ3v) is 13.4. The van der Waals surface area contributed by atoms with Crippen molar-refractivity contribution in [1.82, 2.24) is 25.6 Å². The number of benzene rings is 2. The van der Waals surface area contributed by atoms with E-state index in [2.05, 4.69) is 16.0 Å². The van der Waals surface area contributed by atoms with Crippen LogP contribution in [0.25, 0.3) is 0 Å². The number of fused-ring (bicyclic) bond motifs is 3. The molecule has 2 saturated heterocycles. The molecule has 6 rings (SSSR count). The van der Waals surface area contributed by atoms with Gasteiger partial charge in [-0.2, -0.15) is 13.2 Å². The fourth-order valence-corrected chi connectivity index (χ4v) is 9.77. The van der Waals surface area contributed by atoms with Gasteiger partial charge in [0, 0.05) is 28.6 Å². The quantitative estimate of drug-likeness (QED) is 0.164. The highest BCUT2D eigenvalue weighted by Crippen LogP contribution is 2.42. The number of piperidine rings is 2. The van der Waals surface area contributed by atoms with Crippen LogP contribution in [0, 0.1) is 17.8 Å². The minimum absolute atomic E-state index is 0.0509. The van der Waals surface area contributed by atoms with Crippen LogP contribution < -0.4 is 20.7 Å². The van der Waals surface area contributed by atoms with Gasteiger partial charge in [0.1, 0.15) is 12.1 Å². The van der Waals surface area contributed by atoms with Gasteiger partial charge < -0.3 is 30.3 Å². The Morgan fingerprint density at radius 2 is 1.21 bits per heavy atom. The van der Waals surface area contributed by atoms with Crippen molar-refractivity contribution in [3.8, 4) is 0 Å². The van der Waals surface area contributed by atoms with E-state index in [9.17, 15) is 55.2 Å². The maximum Gasteiger partial charge on any atom is 0.452 e. The fraction of sp³-hybridized carbons (Fsp3) is 0.500. The highest BCUT2D eigenvalue weighted by Gasteiger charge is 2.51. The topological polar surface area (TPSA) is 223 Å². The molecule has 20 heteroatoms. The van der Waals surface area contributed by atoms with Crippen LogP contribution in [-0.2, 0) is 43.5 Å². The predicted octanol–water partition coefficient (Wildman–Crippen LogP) is 4.96. The number of halogens is 3. The lowest BCUT2D eigenvalue weighted by Gasteiger charge is -2.51. The maximum absolute atomic E-state index is 14.3. The number of ketones is 1. The van der Waals surface area contributed by atoms with E-state index in [0.717, 1.165) is 12.1 Å². The fourth-order valence-electron chi connectivity index (χ4n) is 8.79. The van der Waals surface area contributed by atoms with Crippen LogP contribution in [-0.4, -0.2) is 98.2 Å². The van der Waals surface area contributed by atoms with E-state index in [0.29, 0.717) is 42.6 Å². The molecule has 16 nitrogen and oxygen atoms in total. The Morgan fingerprint density at radius 1 is 0.727 bits per heavy atom. The van der Waals surface area contributed by atoms with Crippen molar-refractivity contribution in [3.63, 3.8) is 0 Å². The van der Waals surface area contributed by atoms with E-state index >= 15 is 0 Å². The number of carbonyl (C=O) groups is 7. The third kappa shape index (κ3) is 11.0. The normalized spacial score (nSPS) is 19.8. The lowest BCUT2D eigenvalue weighted by Crippen LogP contribution is -2.67. The first kappa shape index (κ1) is 50.9. The number of sulfonamides is 1. The van der Waals surface area contributed by atoms with Gasteiger partial charge in [0.25, 0.3) is 27.6 Å². The highest BCUT2D eigenvalue weighted by atomic mass is 32.2. The molecular weight excluding hydrogens is 888 g/mol. The summed E-state index contributed by atoms with van der Waals surface area (Å²) in [5.41, 5.74) is 1.49. The number of nitrogens with zero attached hydrogens (tertiary/aromatic N) is 1. The Hall–Kier alpha value is -6.05. The smallest absolute Gasteiger partial charge is 0.452 e. The monoisotopic (exact) mass is 943 g/mol. The van der Waals surface area contributed by atoms with Crippen molar-refractivity contribution in [3.05, 3.63) is 87.8 Å². The number of carbonyl (C=O) groups excluding carboxylic acids is 7. The number of hydrogen-bond acceptors (Lipinski definition) is 12. The summed E-state index contributed by atoms with van der Waals surface area (Å²) >= 11 is 0. The van der Waals surface area contributed by atoms with E-state index in [1.807, 2.05) is 4.72 Å². The summed E-state index contributed by atoms with van der Waals surface area (Å²) in [6.07, 6.45) is -3.04. The van der Waals surface area contributed by atoms with Crippen LogP contribution >= 0.6 is 0 Å². The summed E-state index contributed by atoms with van der Waals surface area (Å²) in [6.45, 7) is 12.8. The molecular formula is C46H56F3N5O11S. The molecule has 3 heterocycles. The van der Waals surface area contributed by atoms with E-state index in [4.69, 9.17) is 9.47 Å². The molecule has 2 bridgehead atoms. The number of esters is 2. The van der Waals surface area contributed by atoms with Crippen molar-refractivity contribution in [1.29, 1.82) is 0 Å². The van der Waals surface area contributed by atoms with Gasteiger partial charge >= 0.3 is 18.1 Å². The van der Waals surface area contributed by atoms with E-state index in [-0.39, 0.29) is 46.3 Å². The summed E-state index contributed by atoms with van der Waals surface area (Å²) in [5, 5.41) is 7.98. The summed E-state index contributed by atoms with van der Waals surface area (Å²) < 4.78 is 79.7. The van der Waals surface area contributed by atoms with Gasteiger partial charge in [0.05, 0.1) is 41.2 Å². The molecule has 4 aliphatic rings. The van der Waals surface area contributed by atoms with Crippen LogP contribution in [0.3, 0.4) is 0 Å². The minimum Gasteiger partial charge on any atom is -0.463 e. The number of dihydropyridines is 1. The molecule has 3 aliphatic heterocycles. The third-order valence-electron chi connectivity index (χ3n) is 12.1. The Bertz CT molecular complexity index is 2370. The lowest BCUT2D eigenvalue weighted by molar-refractivity contribution is -0.175. The number of rotatable bonds is 16. The van der Waals surface area contributed by atoms with Gasteiger partial charge in [-0.05, 0) is 113 Å². The number of amides is 4. The molecule has 4 N–H and O–H groups in total. The average molecular weight is 944 g/mol. The Kier molecular flexibility index (Phi) is 15.9. The molecule has 3 fully saturated rings. The van der Waals surface area contributed by atoms with Crippen LogP contribution in [0.5, 0.6) is 0 Å². The largest absolute Gasteiger partial charge is 0.463 e. The molecule has 1 aliphatic carbocycles. The molecule has 4 amide bonds. The number of Topliss-reactive ketones (excluding diaryl/α,β-unsaturated/α-hetero) is 1. The van der Waals surface area contributed by atoms with Crippen molar-refractivity contribution >= 4 is 51.4 Å². The Morgan fingerprint density at radius 3 is 1.68 bits per heavy atom. The number of hydrogen-bond donors (Lipinski definition) is 4.